The monoisotopic (exact) mass is 246 g/mol. The van der Waals surface area contributed by atoms with Gasteiger partial charge in [-0.3, -0.25) is 4.98 Å². The van der Waals surface area contributed by atoms with Crippen molar-refractivity contribution in [2.75, 3.05) is 0 Å². The van der Waals surface area contributed by atoms with Crippen molar-refractivity contribution in [1.29, 1.82) is 0 Å². The van der Waals surface area contributed by atoms with E-state index in [1.54, 1.807) is 0 Å². The minimum atomic E-state index is 0.287. The van der Waals surface area contributed by atoms with Crippen LogP contribution in [0.25, 0.3) is 0 Å². The zero-order chi connectivity index (χ0) is 12.8. The highest BCUT2D eigenvalue weighted by atomic mass is 14.7. The van der Waals surface area contributed by atoms with Crippen LogP contribution in [-0.2, 0) is 0 Å². The lowest BCUT2D eigenvalue weighted by atomic mass is 9.85. The highest BCUT2D eigenvalue weighted by molar-refractivity contribution is 5.16. The van der Waals surface area contributed by atoms with E-state index < -0.39 is 0 Å². The molecule has 100 valence electrons. The van der Waals surface area contributed by atoms with Crippen LogP contribution in [0.15, 0.2) is 24.5 Å². The summed E-state index contributed by atoms with van der Waals surface area (Å²) in [6, 6.07) is 4.48. The molecule has 0 radical (unpaired) electrons. The van der Waals surface area contributed by atoms with Crippen molar-refractivity contribution in [3.63, 3.8) is 0 Å². The summed E-state index contributed by atoms with van der Waals surface area (Å²) in [7, 11) is 0. The predicted octanol–water partition coefficient (Wildman–Crippen LogP) is 3.87. The fourth-order valence-corrected chi connectivity index (χ4v) is 3.10. The first-order valence-corrected chi connectivity index (χ1v) is 7.43. The molecule has 18 heavy (non-hydrogen) atoms. The SMILES string of the molecule is CC(c1ccncc1)C(N)CC1CCCCCC1. The Hall–Kier alpha value is -0.890. The minimum Gasteiger partial charge on any atom is -0.327 e. The normalized spacial score (nSPS) is 21.2. The molecule has 2 nitrogen and oxygen atoms in total. The van der Waals surface area contributed by atoms with E-state index in [1.807, 2.05) is 12.4 Å². The third-order valence-electron chi connectivity index (χ3n) is 4.45. The molecule has 1 fully saturated rings. The highest BCUT2D eigenvalue weighted by Gasteiger charge is 2.20. The fourth-order valence-electron chi connectivity index (χ4n) is 3.10. The summed E-state index contributed by atoms with van der Waals surface area (Å²) in [5, 5.41) is 0. The zero-order valence-corrected chi connectivity index (χ0v) is 11.5. The lowest BCUT2D eigenvalue weighted by Crippen LogP contribution is -2.29. The molecule has 0 spiro atoms. The molecule has 1 aromatic heterocycles. The van der Waals surface area contributed by atoms with Crippen LogP contribution >= 0.6 is 0 Å². The van der Waals surface area contributed by atoms with Gasteiger partial charge in [-0.2, -0.15) is 0 Å². The molecule has 2 heteroatoms. The van der Waals surface area contributed by atoms with E-state index in [4.69, 9.17) is 5.73 Å². The van der Waals surface area contributed by atoms with Crippen molar-refractivity contribution < 1.29 is 0 Å². The van der Waals surface area contributed by atoms with Crippen LogP contribution in [0.3, 0.4) is 0 Å². The van der Waals surface area contributed by atoms with Crippen molar-refractivity contribution in [2.24, 2.45) is 11.7 Å². The Kier molecular flexibility index (Phi) is 5.18. The van der Waals surface area contributed by atoms with Gasteiger partial charge in [-0.15, -0.1) is 0 Å². The van der Waals surface area contributed by atoms with Gasteiger partial charge in [-0.1, -0.05) is 45.4 Å². The quantitative estimate of drug-likeness (QED) is 0.819. The van der Waals surface area contributed by atoms with Crippen LogP contribution in [0.2, 0.25) is 0 Å². The Bertz CT molecular complexity index is 328. The Morgan fingerprint density at radius 3 is 2.39 bits per heavy atom. The molecule has 0 amide bonds. The maximum atomic E-state index is 6.41. The average Bonchev–Trinajstić information content (AvgIpc) is 2.67. The Labute approximate surface area is 111 Å². The topological polar surface area (TPSA) is 38.9 Å². The molecule has 1 saturated carbocycles. The maximum absolute atomic E-state index is 6.41. The molecular weight excluding hydrogens is 220 g/mol. The van der Waals surface area contributed by atoms with Crippen LogP contribution in [-0.4, -0.2) is 11.0 Å². The second-order valence-corrected chi connectivity index (χ2v) is 5.83. The van der Waals surface area contributed by atoms with Gasteiger partial charge in [0.15, 0.2) is 0 Å². The van der Waals surface area contributed by atoms with Crippen LogP contribution in [0, 0.1) is 5.92 Å². The molecule has 1 heterocycles. The van der Waals surface area contributed by atoms with Gasteiger partial charge >= 0.3 is 0 Å². The standard InChI is InChI=1S/C16H26N2/c1-13(15-8-10-18-11-9-15)16(17)12-14-6-4-2-3-5-7-14/h8-11,13-14,16H,2-7,12,17H2,1H3. The minimum absolute atomic E-state index is 0.287. The highest BCUT2D eigenvalue weighted by Crippen LogP contribution is 2.29. The van der Waals surface area contributed by atoms with Crippen molar-refractivity contribution in [3.05, 3.63) is 30.1 Å². The van der Waals surface area contributed by atoms with E-state index in [-0.39, 0.29) is 6.04 Å². The molecule has 1 aliphatic rings. The molecule has 2 atom stereocenters. The summed E-state index contributed by atoms with van der Waals surface area (Å²) < 4.78 is 0. The molecule has 2 N–H and O–H groups in total. The predicted molar refractivity (Wildman–Crippen MR) is 76.4 cm³/mol. The van der Waals surface area contributed by atoms with E-state index in [9.17, 15) is 0 Å². The third kappa shape index (κ3) is 3.81. The largest absolute Gasteiger partial charge is 0.327 e. The maximum Gasteiger partial charge on any atom is 0.0270 e. The zero-order valence-electron chi connectivity index (χ0n) is 11.5. The van der Waals surface area contributed by atoms with Gasteiger partial charge in [0, 0.05) is 18.4 Å². The molecular formula is C16H26N2. The lowest BCUT2D eigenvalue weighted by Gasteiger charge is -2.24. The van der Waals surface area contributed by atoms with Crippen molar-refractivity contribution in [3.8, 4) is 0 Å². The molecule has 0 aromatic carbocycles. The smallest absolute Gasteiger partial charge is 0.0270 e. The van der Waals surface area contributed by atoms with Crippen molar-refractivity contribution in [1.82, 2.24) is 4.98 Å². The van der Waals surface area contributed by atoms with E-state index in [1.165, 1.54) is 50.5 Å². The van der Waals surface area contributed by atoms with Gasteiger partial charge in [0.25, 0.3) is 0 Å². The van der Waals surface area contributed by atoms with Gasteiger partial charge < -0.3 is 5.73 Å². The van der Waals surface area contributed by atoms with E-state index in [2.05, 4.69) is 24.0 Å². The number of hydrogen-bond acceptors (Lipinski definition) is 2. The first-order valence-electron chi connectivity index (χ1n) is 7.43. The first kappa shape index (κ1) is 13.5. The van der Waals surface area contributed by atoms with Gasteiger partial charge in [0.1, 0.15) is 0 Å². The van der Waals surface area contributed by atoms with Crippen LogP contribution < -0.4 is 5.73 Å². The van der Waals surface area contributed by atoms with Crippen LogP contribution in [0.4, 0.5) is 0 Å². The summed E-state index contributed by atoms with van der Waals surface area (Å²) in [6.45, 7) is 2.25. The molecule has 1 aromatic rings. The first-order chi connectivity index (χ1) is 8.77. The van der Waals surface area contributed by atoms with Crippen molar-refractivity contribution >= 4 is 0 Å². The second-order valence-electron chi connectivity index (χ2n) is 5.83. The number of aromatic nitrogens is 1. The van der Waals surface area contributed by atoms with Gasteiger partial charge in [0.05, 0.1) is 0 Å². The molecule has 1 aliphatic carbocycles. The number of pyridine rings is 1. The lowest BCUT2D eigenvalue weighted by molar-refractivity contribution is 0.366. The molecule has 2 rings (SSSR count). The summed E-state index contributed by atoms with van der Waals surface area (Å²) in [6.07, 6.45) is 13.3. The average molecular weight is 246 g/mol. The Morgan fingerprint density at radius 2 is 1.78 bits per heavy atom. The molecule has 0 bridgehead atoms. The van der Waals surface area contributed by atoms with Gasteiger partial charge in [-0.05, 0) is 36.0 Å². The third-order valence-corrected chi connectivity index (χ3v) is 4.45. The van der Waals surface area contributed by atoms with Gasteiger partial charge in [-0.25, -0.2) is 0 Å². The molecule has 2 unspecified atom stereocenters. The Balaban J connectivity index is 1.88. The molecule has 0 saturated heterocycles. The van der Waals surface area contributed by atoms with Gasteiger partial charge in [0.2, 0.25) is 0 Å². The number of nitrogens with two attached hydrogens (primary N) is 1. The van der Waals surface area contributed by atoms with Crippen molar-refractivity contribution in [2.45, 2.75) is 63.8 Å². The number of nitrogens with zero attached hydrogens (tertiary/aromatic N) is 1. The summed E-state index contributed by atoms with van der Waals surface area (Å²) in [5.41, 5.74) is 7.74. The summed E-state index contributed by atoms with van der Waals surface area (Å²) >= 11 is 0. The summed E-state index contributed by atoms with van der Waals surface area (Å²) in [4.78, 5) is 4.07. The van der Waals surface area contributed by atoms with E-state index >= 15 is 0 Å². The fraction of sp³-hybridized carbons (Fsp3) is 0.688. The molecule has 0 aliphatic heterocycles. The summed E-state index contributed by atoms with van der Waals surface area (Å²) in [5.74, 6) is 1.29. The van der Waals surface area contributed by atoms with E-state index in [0.717, 1.165) is 5.92 Å². The Morgan fingerprint density at radius 1 is 1.17 bits per heavy atom. The van der Waals surface area contributed by atoms with Crippen LogP contribution in [0.5, 0.6) is 0 Å². The van der Waals surface area contributed by atoms with Crippen LogP contribution in [0.1, 0.15) is 63.4 Å². The number of hydrogen-bond donors (Lipinski definition) is 1. The van der Waals surface area contributed by atoms with E-state index in [0.29, 0.717) is 5.92 Å². The number of rotatable bonds is 4. The second kappa shape index (κ2) is 6.89.